The van der Waals surface area contributed by atoms with Crippen LogP contribution in [0.15, 0.2) is 94.6 Å². The highest BCUT2D eigenvalue weighted by atomic mass is 16.6. The minimum Gasteiger partial charge on any atom is -0.497 e. The molecule has 0 spiro atoms. The van der Waals surface area contributed by atoms with Crippen molar-refractivity contribution < 1.29 is 33.6 Å². The number of carbonyl (C=O) groups excluding carboxylic acids is 1. The van der Waals surface area contributed by atoms with Crippen LogP contribution in [0.5, 0.6) is 11.5 Å². The highest BCUT2D eigenvalue weighted by Gasteiger charge is 2.86. The molecule has 2 aliphatic carbocycles. The number of esters is 1. The number of rotatable bonds is 11. The molecule has 1 aliphatic heterocycles. The Kier molecular flexibility index (Phi) is 8.04. The zero-order chi connectivity index (χ0) is 34.6. The molecule has 49 heavy (non-hydrogen) atoms. The molecule has 1 unspecified atom stereocenters. The van der Waals surface area contributed by atoms with E-state index in [4.69, 9.17) is 23.7 Å². The Hall–Kier alpha value is -4.71. The van der Waals surface area contributed by atoms with Crippen molar-refractivity contribution in [1.82, 2.24) is 9.55 Å². The number of methoxy groups -OCH3 is 2. The van der Waals surface area contributed by atoms with Crippen LogP contribution in [0, 0.1) is 12.3 Å². The second-order valence-electron chi connectivity index (χ2n) is 13.4. The Balaban J connectivity index is 1.42. The highest BCUT2D eigenvalue weighted by Crippen LogP contribution is 2.78. The first-order valence-corrected chi connectivity index (χ1v) is 16.4. The van der Waals surface area contributed by atoms with Crippen LogP contribution in [0.1, 0.15) is 61.1 Å². The summed E-state index contributed by atoms with van der Waals surface area (Å²) in [6, 6.07) is 25.1. The minimum absolute atomic E-state index is 0.0154. The van der Waals surface area contributed by atoms with Crippen molar-refractivity contribution in [2.24, 2.45) is 5.41 Å². The molecule has 0 radical (unpaired) electrons. The lowest BCUT2D eigenvalue weighted by Crippen LogP contribution is -2.48. The lowest BCUT2D eigenvalue weighted by Gasteiger charge is -2.42. The third-order valence-corrected chi connectivity index (χ3v) is 10.5. The Labute approximate surface area is 283 Å². The van der Waals surface area contributed by atoms with E-state index in [1.807, 2.05) is 78.9 Å². The molecule has 0 amide bonds. The molecular formula is C38H40N2O9. The van der Waals surface area contributed by atoms with E-state index in [9.17, 15) is 19.5 Å². The average molecular weight is 669 g/mol. The van der Waals surface area contributed by atoms with Crippen LogP contribution in [-0.2, 0) is 24.6 Å². The maximum absolute atomic E-state index is 13.2. The van der Waals surface area contributed by atoms with Crippen LogP contribution in [-0.4, -0.2) is 58.8 Å². The number of benzene rings is 3. The van der Waals surface area contributed by atoms with E-state index in [-0.39, 0.29) is 31.8 Å². The fourth-order valence-corrected chi connectivity index (χ4v) is 8.28. The molecule has 7 rings (SSSR count). The molecule has 3 fully saturated rings. The number of aromatic nitrogens is 2. The SMILES string of the molecule is CCOC(=O)C[C@]12C[C@]3(O)C[C@H](n4cc(C)c(=O)[nH]c4=O)OC3[C@@]1(OC(c1ccccc1)(c1ccc(OC)cc1)c1ccc(OC)cc1)C2. The van der Waals surface area contributed by atoms with Gasteiger partial charge in [0.15, 0.2) is 0 Å². The van der Waals surface area contributed by atoms with Gasteiger partial charge in [-0.05, 0) is 67.6 Å². The van der Waals surface area contributed by atoms with Gasteiger partial charge in [0.2, 0.25) is 0 Å². The van der Waals surface area contributed by atoms with Gasteiger partial charge in [0.25, 0.3) is 5.56 Å². The van der Waals surface area contributed by atoms with Crippen molar-refractivity contribution in [2.75, 3.05) is 20.8 Å². The molecular weight excluding hydrogens is 628 g/mol. The zero-order valence-corrected chi connectivity index (χ0v) is 27.9. The average Bonchev–Trinajstić information content (AvgIpc) is 3.45. The topological polar surface area (TPSA) is 138 Å². The summed E-state index contributed by atoms with van der Waals surface area (Å²) < 4.78 is 32.1. The van der Waals surface area contributed by atoms with Crippen molar-refractivity contribution >= 4 is 5.97 Å². The minimum atomic E-state index is -1.46. The Morgan fingerprint density at radius 3 is 2.10 bits per heavy atom. The van der Waals surface area contributed by atoms with Gasteiger partial charge in [-0.3, -0.25) is 19.1 Å². The van der Waals surface area contributed by atoms with Gasteiger partial charge in [-0.1, -0.05) is 54.6 Å². The van der Waals surface area contributed by atoms with Crippen LogP contribution in [0.2, 0.25) is 0 Å². The summed E-state index contributed by atoms with van der Waals surface area (Å²) in [5.74, 6) is 0.945. The van der Waals surface area contributed by atoms with Gasteiger partial charge in [0.1, 0.15) is 35.0 Å². The molecule has 4 aromatic rings. The predicted molar refractivity (Wildman–Crippen MR) is 179 cm³/mol. The number of aromatic amines is 1. The van der Waals surface area contributed by atoms with Crippen molar-refractivity contribution in [3.8, 4) is 11.5 Å². The molecule has 1 saturated heterocycles. The first kappa shape index (κ1) is 32.8. The summed E-state index contributed by atoms with van der Waals surface area (Å²) in [7, 11) is 3.21. The lowest BCUT2D eigenvalue weighted by molar-refractivity contribution is -0.170. The number of fused-ring (bicyclic) bond motifs is 3. The maximum atomic E-state index is 13.2. The molecule has 2 heterocycles. The van der Waals surface area contributed by atoms with Crippen LogP contribution >= 0.6 is 0 Å². The standard InChI is InChI=1S/C38H40N2O9/c1-5-47-31(41)20-35-22-36(44)19-30(40-21-24(2)32(42)39-34(40)43)48-33(36)37(35,23-35)49-38(25-9-7-6-8-10-25,26-11-15-28(45-3)16-12-26)27-13-17-29(46-4)18-14-27/h6-18,21,30,33,44H,5,19-20,22-23H2,1-4H3,(H,39,42,43)/t30-,33?,35-,36-,37+/m1/s1. The third kappa shape index (κ3) is 5.19. The van der Waals surface area contributed by atoms with Crippen LogP contribution < -0.4 is 20.7 Å². The van der Waals surface area contributed by atoms with E-state index >= 15 is 0 Å². The van der Waals surface area contributed by atoms with Crippen LogP contribution in [0.25, 0.3) is 0 Å². The second kappa shape index (κ2) is 12.0. The number of nitrogens with one attached hydrogen (secondary N) is 1. The molecule has 3 aromatic carbocycles. The Morgan fingerprint density at radius 1 is 0.939 bits per heavy atom. The highest BCUT2D eigenvalue weighted by molar-refractivity contribution is 5.72. The summed E-state index contributed by atoms with van der Waals surface area (Å²) >= 11 is 0. The molecule has 11 nitrogen and oxygen atoms in total. The summed E-state index contributed by atoms with van der Waals surface area (Å²) in [6.07, 6.45) is 0.298. The summed E-state index contributed by atoms with van der Waals surface area (Å²) in [5.41, 5.74) is -3.15. The predicted octanol–water partition coefficient (Wildman–Crippen LogP) is 4.38. The van der Waals surface area contributed by atoms with Crippen LogP contribution in [0.4, 0.5) is 0 Å². The summed E-state index contributed by atoms with van der Waals surface area (Å²) in [4.78, 5) is 40.7. The smallest absolute Gasteiger partial charge is 0.330 e. The molecule has 3 aliphatic rings. The summed E-state index contributed by atoms with van der Waals surface area (Å²) in [6.45, 7) is 3.58. The number of hydrogen-bond acceptors (Lipinski definition) is 9. The van der Waals surface area contributed by atoms with E-state index in [1.165, 1.54) is 10.8 Å². The fraction of sp³-hybridized carbons (Fsp3) is 0.395. The second-order valence-corrected chi connectivity index (χ2v) is 13.4. The van der Waals surface area contributed by atoms with Crippen molar-refractivity contribution in [3.63, 3.8) is 0 Å². The summed E-state index contributed by atoms with van der Waals surface area (Å²) in [5, 5.41) is 12.4. The quantitative estimate of drug-likeness (QED) is 0.176. The Morgan fingerprint density at radius 2 is 1.53 bits per heavy atom. The Bertz CT molecular complexity index is 1930. The van der Waals surface area contributed by atoms with Gasteiger partial charge in [-0.2, -0.15) is 0 Å². The number of ether oxygens (including phenoxy) is 5. The maximum Gasteiger partial charge on any atom is 0.330 e. The lowest BCUT2D eigenvalue weighted by atomic mass is 9.79. The largest absolute Gasteiger partial charge is 0.497 e. The molecule has 256 valence electrons. The number of hydrogen-bond donors (Lipinski definition) is 2. The van der Waals surface area contributed by atoms with Gasteiger partial charge in [0, 0.05) is 23.6 Å². The van der Waals surface area contributed by atoms with Gasteiger partial charge in [0.05, 0.1) is 32.8 Å². The fourth-order valence-electron chi connectivity index (χ4n) is 8.28. The number of H-pyrrole nitrogens is 1. The molecule has 0 bridgehead atoms. The first-order valence-electron chi connectivity index (χ1n) is 16.4. The molecule has 11 heteroatoms. The van der Waals surface area contributed by atoms with Gasteiger partial charge >= 0.3 is 11.7 Å². The van der Waals surface area contributed by atoms with Crippen molar-refractivity contribution in [2.45, 2.75) is 68.7 Å². The number of aliphatic hydroxyl groups is 1. The molecule has 5 atom stereocenters. The molecule has 2 N–H and O–H groups in total. The molecule has 1 aromatic heterocycles. The van der Waals surface area contributed by atoms with Gasteiger partial charge in [-0.25, -0.2) is 4.79 Å². The molecule has 2 saturated carbocycles. The third-order valence-electron chi connectivity index (χ3n) is 10.5. The number of aryl methyl sites for hydroxylation is 1. The number of nitrogens with zero attached hydrogens (tertiary/aromatic N) is 1. The normalized spacial score (nSPS) is 26.9. The first-order chi connectivity index (χ1) is 23.5. The zero-order valence-electron chi connectivity index (χ0n) is 27.9. The van der Waals surface area contributed by atoms with Crippen LogP contribution in [0.3, 0.4) is 0 Å². The van der Waals surface area contributed by atoms with E-state index in [0.717, 1.165) is 16.7 Å². The monoisotopic (exact) mass is 668 g/mol. The van der Waals surface area contributed by atoms with Gasteiger partial charge < -0.3 is 28.8 Å². The van der Waals surface area contributed by atoms with E-state index < -0.39 is 45.8 Å². The number of carbonyl (C=O) groups is 1. The van der Waals surface area contributed by atoms with E-state index in [1.54, 1.807) is 28.1 Å². The van der Waals surface area contributed by atoms with Crippen molar-refractivity contribution in [1.29, 1.82) is 0 Å². The van der Waals surface area contributed by atoms with E-state index in [2.05, 4.69) is 4.98 Å². The van der Waals surface area contributed by atoms with E-state index in [0.29, 0.717) is 23.5 Å². The van der Waals surface area contributed by atoms with Gasteiger partial charge in [-0.15, -0.1) is 0 Å². The van der Waals surface area contributed by atoms with Crippen molar-refractivity contribution in [3.05, 3.63) is 128 Å².